The molecule has 0 aliphatic heterocycles. The summed E-state index contributed by atoms with van der Waals surface area (Å²) in [6, 6.07) is 10.5. The predicted molar refractivity (Wildman–Crippen MR) is 102 cm³/mol. The molecule has 0 radical (unpaired) electrons. The van der Waals surface area contributed by atoms with E-state index in [4.69, 9.17) is 21.1 Å². The molecule has 26 heavy (non-hydrogen) atoms. The first kappa shape index (κ1) is 20.4. The second kappa shape index (κ2) is 9.12. The van der Waals surface area contributed by atoms with Gasteiger partial charge in [-0.1, -0.05) is 11.6 Å². The molecule has 0 fully saturated rings. The SMILES string of the molecule is CCN(c1ccc(O)cc1)S(=O)(=O)c1cc(Cl)ccc1OCCCOC. The van der Waals surface area contributed by atoms with E-state index in [0.29, 0.717) is 30.3 Å². The number of methoxy groups -OCH3 is 1. The van der Waals surface area contributed by atoms with Crippen LogP contribution in [0.3, 0.4) is 0 Å². The minimum atomic E-state index is -3.90. The molecule has 0 saturated heterocycles. The third-order valence-electron chi connectivity index (χ3n) is 3.65. The summed E-state index contributed by atoms with van der Waals surface area (Å²) in [6.45, 7) is 2.78. The lowest BCUT2D eigenvalue weighted by Crippen LogP contribution is -2.31. The predicted octanol–water partition coefficient (Wildman–Crippen LogP) is 3.68. The van der Waals surface area contributed by atoms with E-state index >= 15 is 0 Å². The topological polar surface area (TPSA) is 76.1 Å². The van der Waals surface area contributed by atoms with Gasteiger partial charge in [0.2, 0.25) is 0 Å². The van der Waals surface area contributed by atoms with Gasteiger partial charge in [-0.2, -0.15) is 0 Å². The van der Waals surface area contributed by atoms with E-state index in [1.165, 1.54) is 22.5 Å². The van der Waals surface area contributed by atoms with Crippen LogP contribution in [0.5, 0.6) is 11.5 Å². The molecule has 0 aromatic heterocycles. The van der Waals surface area contributed by atoms with Crippen molar-refractivity contribution in [1.82, 2.24) is 0 Å². The molecule has 2 rings (SSSR count). The van der Waals surface area contributed by atoms with Crippen molar-refractivity contribution in [2.24, 2.45) is 0 Å². The molecule has 0 amide bonds. The van der Waals surface area contributed by atoms with Crippen LogP contribution in [0.1, 0.15) is 13.3 Å². The zero-order valence-electron chi connectivity index (χ0n) is 14.7. The van der Waals surface area contributed by atoms with Crippen LogP contribution in [0.25, 0.3) is 0 Å². The number of anilines is 1. The Balaban J connectivity index is 2.39. The highest BCUT2D eigenvalue weighted by atomic mass is 35.5. The quantitative estimate of drug-likeness (QED) is 0.651. The standard InChI is InChI=1S/C18H22ClNO5S/c1-3-20(15-6-8-16(21)9-7-15)26(22,23)18-13-14(19)5-10-17(18)25-12-4-11-24-2/h5-10,13,21H,3-4,11-12H2,1-2H3. The van der Waals surface area contributed by atoms with Gasteiger partial charge in [-0.15, -0.1) is 0 Å². The number of phenolic OH excluding ortho intramolecular Hbond substituents is 1. The number of sulfonamides is 1. The van der Waals surface area contributed by atoms with Crippen LogP contribution in [-0.4, -0.2) is 40.4 Å². The van der Waals surface area contributed by atoms with Gasteiger partial charge in [-0.05, 0) is 49.4 Å². The Kier molecular flexibility index (Phi) is 7.14. The number of rotatable bonds is 9. The normalized spacial score (nSPS) is 11.3. The Morgan fingerprint density at radius 1 is 1.12 bits per heavy atom. The van der Waals surface area contributed by atoms with Crippen molar-refractivity contribution in [3.05, 3.63) is 47.5 Å². The first-order valence-electron chi connectivity index (χ1n) is 8.13. The molecule has 0 saturated carbocycles. The smallest absolute Gasteiger partial charge is 0.268 e. The van der Waals surface area contributed by atoms with Gasteiger partial charge in [0, 0.05) is 31.7 Å². The fraction of sp³-hybridized carbons (Fsp3) is 0.333. The molecule has 0 aliphatic rings. The maximum absolute atomic E-state index is 13.2. The Labute approximate surface area is 159 Å². The van der Waals surface area contributed by atoms with Crippen LogP contribution < -0.4 is 9.04 Å². The van der Waals surface area contributed by atoms with Gasteiger partial charge >= 0.3 is 0 Å². The lowest BCUT2D eigenvalue weighted by atomic mass is 10.3. The summed E-state index contributed by atoms with van der Waals surface area (Å²) in [5.41, 5.74) is 0.440. The largest absolute Gasteiger partial charge is 0.508 e. The summed E-state index contributed by atoms with van der Waals surface area (Å²) in [7, 11) is -2.31. The van der Waals surface area contributed by atoms with Gasteiger partial charge in [0.25, 0.3) is 10.0 Å². The van der Waals surface area contributed by atoms with E-state index in [0.717, 1.165) is 0 Å². The number of nitrogens with zero attached hydrogens (tertiary/aromatic N) is 1. The van der Waals surface area contributed by atoms with Crippen molar-refractivity contribution < 1.29 is 23.0 Å². The minimum Gasteiger partial charge on any atom is -0.508 e. The lowest BCUT2D eigenvalue weighted by Gasteiger charge is -2.24. The maximum atomic E-state index is 13.2. The molecular formula is C18H22ClNO5S. The molecule has 0 unspecified atom stereocenters. The molecule has 0 bridgehead atoms. The third kappa shape index (κ3) is 4.81. The fourth-order valence-electron chi connectivity index (χ4n) is 2.42. The second-order valence-electron chi connectivity index (χ2n) is 5.47. The van der Waals surface area contributed by atoms with Crippen LogP contribution in [0.2, 0.25) is 5.02 Å². The van der Waals surface area contributed by atoms with Gasteiger partial charge in [-0.25, -0.2) is 8.42 Å². The number of benzene rings is 2. The van der Waals surface area contributed by atoms with Crippen LogP contribution in [0, 0.1) is 0 Å². The highest BCUT2D eigenvalue weighted by Crippen LogP contribution is 2.32. The summed E-state index contributed by atoms with van der Waals surface area (Å²) >= 11 is 6.03. The Bertz CT molecular complexity index is 824. The number of hydrogen-bond acceptors (Lipinski definition) is 5. The maximum Gasteiger partial charge on any atom is 0.268 e. The Hall–Kier alpha value is -1.96. The van der Waals surface area contributed by atoms with Crippen LogP contribution in [0.15, 0.2) is 47.4 Å². The van der Waals surface area contributed by atoms with E-state index in [1.807, 2.05) is 0 Å². The summed E-state index contributed by atoms with van der Waals surface area (Å²) in [5, 5.41) is 9.74. The van der Waals surface area contributed by atoms with Gasteiger partial charge < -0.3 is 14.6 Å². The summed E-state index contributed by atoms with van der Waals surface area (Å²) in [6.07, 6.45) is 0.633. The van der Waals surface area contributed by atoms with Gasteiger partial charge in [0.05, 0.1) is 12.3 Å². The molecule has 8 heteroatoms. The van der Waals surface area contributed by atoms with Crippen molar-refractivity contribution in [2.75, 3.05) is 31.2 Å². The van der Waals surface area contributed by atoms with E-state index in [9.17, 15) is 13.5 Å². The second-order valence-corrected chi connectivity index (χ2v) is 7.74. The Morgan fingerprint density at radius 2 is 1.81 bits per heavy atom. The molecule has 0 spiro atoms. The zero-order chi connectivity index (χ0) is 19.2. The van der Waals surface area contributed by atoms with Crippen LogP contribution in [0.4, 0.5) is 5.69 Å². The zero-order valence-corrected chi connectivity index (χ0v) is 16.3. The first-order chi connectivity index (χ1) is 12.4. The molecule has 0 heterocycles. The van der Waals surface area contributed by atoms with E-state index in [2.05, 4.69) is 0 Å². The van der Waals surface area contributed by atoms with Crippen molar-refractivity contribution >= 4 is 27.3 Å². The molecule has 0 aliphatic carbocycles. The molecular weight excluding hydrogens is 378 g/mol. The van der Waals surface area contributed by atoms with E-state index in [-0.39, 0.29) is 22.9 Å². The van der Waals surface area contributed by atoms with Crippen LogP contribution in [-0.2, 0) is 14.8 Å². The lowest BCUT2D eigenvalue weighted by molar-refractivity contribution is 0.171. The van der Waals surface area contributed by atoms with Gasteiger partial charge in [-0.3, -0.25) is 4.31 Å². The molecule has 0 atom stereocenters. The number of halogens is 1. The number of phenols is 1. The summed E-state index contributed by atoms with van der Waals surface area (Å²) in [5.74, 6) is 0.301. The van der Waals surface area contributed by atoms with Crippen molar-refractivity contribution in [2.45, 2.75) is 18.2 Å². The minimum absolute atomic E-state index is 0.00246. The Morgan fingerprint density at radius 3 is 2.42 bits per heavy atom. The molecule has 2 aromatic carbocycles. The van der Waals surface area contributed by atoms with E-state index in [1.54, 1.807) is 38.3 Å². The average Bonchev–Trinajstić information content (AvgIpc) is 2.61. The monoisotopic (exact) mass is 399 g/mol. The highest BCUT2D eigenvalue weighted by molar-refractivity contribution is 7.93. The fourth-order valence-corrected chi connectivity index (χ4v) is 4.29. The van der Waals surface area contributed by atoms with Crippen LogP contribution >= 0.6 is 11.6 Å². The van der Waals surface area contributed by atoms with Crippen molar-refractivity contribution in [1.29, 1.82) is 0 Å². The summed E-state index contributed by atoms with van der Waals surface area (Å²) in [4.78, 5) is -0.00246. The molecule has 142 valence electrons. The van der Waals surface area contributed by atoms with Gasteiger partial charge in [0.15, 0.2) is 0 Å². The number of aromatic hydroxyl groups is 1. The first-order valence-corrected chi connectivity index (χ1v) is 9.95. The highest BCUT2D eigenvalue weighted by Gasteiger charge is 2.27. The van der Waals surface area contributed by atoms with Gasteiger partial charge in [0.1, 0.15) is 16.4 Å². The molecule has 2 aromatic rings. The van der Waals surface area contributed by atoms with Crippen molar-refractivity contribution in [3.8, 4) is 11.5 Å². The average molecular weight is 400 g/mol. The van der Waals surface area contributed by atoms with Crippen molar-refractivity contribution in [3.63, 3.8) is 0 Å². The third-order valence-corrected chi connectivity index (χ3v) is 5.81. The molecule has 1 N–H and O–H groups in total. The number of hydrogen-bond donors (Lipinski definition) is 1. The van der Waals surface area contributed by atoms with E-state index < -0.39 is 10.0 Å². The number of ether oxygens (including phenoxy) is 2. The summed E-state index contributed by atoms with van der Waals surface area (Å²) < 4.78 is 38.3. The molecule has 6 nitrogen and oxygen atoms in total.